The third-order valence-electron chi connectivity index (χ3n) is 3.39. The number of hydrogen-bond acceptors (Lipinski definition) is 4. The maximum absolute atomic E-state index is 11.6. The molecule has 2 aliphatic rings. The Morgan fingerprint density at radius 2 is 2.06 bits per heavy atom. The fourth-order valence-electron chi connectivity index (χ4n) is 2.48. The molecule has 3 rings (SSSR count). The van der Waals surface area contributed by atoms with Crippen molar-refractivity contribution in [1.29, 1.82) is 0 Å². The molecule has 0 spiro atoms. The summed E-state index contributed by atoms with van der Waals surface area (Å²) in [5, 5.41) is 5.42. The first-order valence-corrected chi connectivity index (χ1v) is 6.88. The largest absolute Gasteiger partial charge is 0.315 e. The van der Waals surface area contributed by atoms with Crippen LogP contribution in [0.2, 0.25) is 0 Å². The molecule has 0 bridgehead atoms. The molecule has 1 unspecified atom stereocenters. The summed E-state index contributed by atoms with van der Waals surface area (Å²) >= 11 is 1.69. The molecular formula is C14H13NO2S. The van der Waals surface area contributed by atoms with Crippen LogP contribution in [0.1, 0.15) is 17.2 Å². The van der Waals surface area contributed by atoms with Crippen LogP contribution in [-0.4, -0.2) is 24.7 Å². The van der Waals surface area contributed by atoms with Crippen molar-refractivity contribution in [2.24, 2.45) is 0 Å². The fourth-order valence-corrected chi connectivity index (χ4v) is 3.33. The maximum atomic E-state index is 11.6. The van der Waals surface area contributed by atoms with Gasteiger partial charge in [-0.1, -0.05) is 6.07 Å². The van der Waals surface area contributed by atoms with Crippen LogP contribution in [0.4, 0.5) is 0 Å². The van der Waals surface area contributed by atoms with Crippen LogP contribution in [0.15, 0.2) is 40.8 Å². The minimum Gasteiger partial charge on any atom is -0.315 e. The lowest BCUT2D eigenvalue weighted by atomic mass is 9.85. The predicted octanol–water partition coefficient (Wildman–Crippen LogP) is 1.83. The third-order valence-corrected chi connectivity index (χ3v) is 4.37. The van der Waals surface area contributed by atoms with Gasteiger partial charge in [-0.2, -0.15) is 0 Å². The zero-order chi connectivity index (χ0) is 12.5. The number of nitrogens with one attached hydrogen (secondary N) is 1. The summed E-state index contributed by atoms with van der Waals surface area (Å²) in [6.45, 7) is 1.68. The van der Waals surface area contributed by atoms with E-state index in [0.717, 1.165) is 30.7 Å². The molecule has 0 amide bonds. The van der Waals surface area contributed by atoms with E-state index in [-0.39, 0.29) is 11.7 Å². The number of fused-ring (bicyclic) bond motifs is 1. The van der Waals surface area contributed by atoms with E-state index in [9.17, 15) is 9.59 Å². The van der Waals surface area contributed by atoms with Crippen molar-refractivity contribution in [3.05, 3.63) is 45.7 Å². The van der Waals surface area contributed by atoms with Gasteiger partial charge in [0.05, 0.1) is 0 Å². The summed E-state index contributed by atoms with van der Waals surface area (Å²) in [7, 11) is 0. The molecule has 1 saturated heterocycles. The number of ketones is 2. The highest BCUT2D eigenvalue weighted by Crippen LogP contribution is 2.36. The lowest BCUT2D eigenvalue weighted by Gasteiger charge is -2.20. The van der Waals surface area contributed by atoms with E-state index < -0.39 is 5.78 Å². The molecule has 92 valence electrons. The Morgan fingerprint density at radius 1 is 1.22 bits per heavy atom. The lowest BCUT2D eigenvalue weighted by molar-refractivity contribution is -0.131. The van der Waals surface area contributed by atoms with Gasteiger partial charge in [0.1, 0.15) is 0 Å². The molecule has 2 heterocycles. The van der Waals surface area contributed by atoms with Gasteiger partial charge in [-0.05, 0) is 47.7 Å². The number of rotatable bonds is 1. The van der Waals surface area contributed by atoms with E-state index in [1.165, 1.54) is 17.0 Å². The molecule has 1 atom stereocenters. The van der Waals surface area contributed by atoms with Gasteiger partial charge in [-0.3, -0.25) is 9.59 Å². The monoisotopic (exact) mass is 259 g/mol. The fraction of sp³-hybridized carbons (Fsp3) is 0.286. The zero-order valence-corrected chi connectivity index (χ0v) is 10.6. The molecule has 1 aliphatic heterocycles. The van der Waals surface area contributed by atoms with Crippen LogP contribution in [0.25, 0.3) is 0 Å². The molecular weight excluding hydrogens is 246 g/mol. The van der Waals surface area contributed by atoms with E-state index in [2.05, 4.69) is 11.4 Å². The normalized spacial score (nSPS) is 24.1. The van der Waals surface area contributed by atoms with Crippen molar-refractivity contribution in [2.75, 3.05) is 13.1 Å². The average Bonchev–Trinajstić information content (AvgIpc) is 2.80. The van der Waals surface area contributed by atoms with E-state index in [4.69, 9.17) is 0 Å². The topological polar surface area (TPSA) is 46.2 Å². The van der Waals surface area contributed by atoms with Crippen molar-refractivity contribution < 1.29 is 9.59 Å². The number of thiophene rings is 1. The van der Waals surface area contributed by atoms with Gasteiger partial charge in [0, 0.05) is 17.3 Å². The standard InChI is InChI=1S/C14H13NO2S/c16-12-6-9-3-4-15-8-11(10(9)7-13(12)17)14-2-1-5-18-14/h1-2,5-7,11,15H,3-4,8H2. The van der Waals surface area contributed by atoms with Gasteiger partial charge in [0.2, 0.25) is 11.6 Å². The molecule has 1 aromatic heterocycles. The highest BCUT2D eigenvalue weighted by atomic mass is 32.1. The van der Waals surface area contributed by atoms with Gasteiger partial charge >= 0.3 is 0 Å². The molecule has 0 saturated carbocycles. The number of allylic oxidation sites excluding steroid dienone is 2. The predicted molar refractivity (Wildman–Crippen MR) is 70.7 cm³/mol. The van der Waals surface area contributed by atoms with Crippen LogP contribution >= 0.6 is 11.3 Å². The molecule has 4 heteroatoms. The van der Waals surface area contributed by atoms with Crippen LogP contribution in [0.3, 0.4) is 0 Å². The number of hydrogen-bond donors (Lipinski definition) is 1. The first-order chi connectivity index (χ1) is 8.75. The molecule has 1 N–H and O–H groups in total. The highest BCUT2D eigenvalue weighted by molar-refractivity contribution is 7.10. The Balaban J connectivity index is 2.05. The minimum absolute atomic E-state index is 0.191. The zero-order valence-electron chi connectivity index (χ0n) is 9.81. The highest BCUT2D eigenvalue weighted by Gasteiger charge is 2.28. The summed E-state index contributed by atoms with van der Waals surface area (Å²) in [6, 6.07) is 4.10. The van der Waals surface area contributed by atoms with Crippen LogP contribution < -0.4 is 5.32 Å². The summed E-state index contributed by atoms with van der Waals surface area (Å²) in [6.07, 6.45) is 3.87. The first kappa shape index (κ1) is 11.6. The van der Waals surface area contributed by atoms with Gasteiger partial charge in [0.25, 0.3) is 0 Å². The molecule has 18 heavy (non-hydrogen) atoms. The van der Waals surface area contributed by atoms with Gasteiger partial charge in [-0.15, -0.1) is 11.3 Å². The molecule has 3 nitrogen and oxygen atoms in total. The summed E-state index contributed by atoms with van der Waals surface area (Å²) in [4.78, 5) is 24.3. The lowest BCUT2D eigenvalue weighted by Crippen LogP contribution is -2.21. The van der Waals surface area contributed by atoms with Gasteiger partial charge < -0.3 is 5.32 Å². The van der Waals surface area contributed by atoms with Crippen LogP contribution in [0.5, 0.6) is 0 Å². The smallest absolute Gasteiger partial charge is 0.226 e. The average molecular weight is 259 g/mol. The second kappa shape index (κ2) is 4.63. The second-order valence-electron chi connectivity index (χ2n) is 4.52. The van der Waals surface area contributed by atoms with E-state index in [0.29, 0.717) is 0 Å². The van der Waals surface area contributed by atoms with Crippen molar-refractivity contribution in [3.63, 3.8) is 0 Å². The number of carbonyl (C=O) groups excluding carboxylic acids is 2. The van der Waals surface area contributed by atoms with Crippen molar-refractivity contribution >= 4 is 22.9 Å². The Morgan fingerprint density at radius 3 is 2.83 bits per heavy atom. The molecule has 1 fully saturated rings. The Kier molecular flexibility index (Phi) is 2.97. The molecule has 1 aromatic rings. The third kappa shape index (κ3) is 1.98. The quantitative estimate of drug-likeness (QED) is 0.618. The first-order valence-electron chi connectivity index (χ1n) is 6.00. The summed E-state index contributed by atoms with van der Waals surface area (Å²) in [5.41, 5.74) is 2.04. The number of carbonyl (C=O) groups is 2. The minimum atomic E-state index is -0.391. The van der Waals surface area contributed by atoms with E-state index in [1.807, 2.05) is 11.4 Å². The van der Waals surface area contributed by atoms with E-state index in [1.54, 1.807) is 11.3 Å². The second-order valence-corrected chi connectivity index (χ2v) is 5.50. The van der Waals surface area contributed by atoms with Crippen molar-refractivity contribution in [2.45, 2.75) is 12.3 Å². The summed E-state index contributed by atoms with van der Waals surface area (Å²) < 4.78 is 0. The maximum Gasteiger partial charge on any atom is 0.226 e. The van der Waals surface area contributed by atoms with E-state index >= 15 is 0 Å². The Labute approximate surface area is 109 Å². The van der Waals surface area contributed by atoms with Crippen LogP contribution in [0, 0.1) is 0 Å². The molecule has 1 aliphatic carbocycles. The van der Waals surface area contributed by atoms with Crippen LogP contribution in [-0.2, 0) is 9.59 Å². The SMILES string of the molecule is O=C1C=C2CCNCC(c3cccs3)C2=CC1=O. The summed E-state index contributed by atoms with van der Waals surface area (Å²) in [5.74, 6) is -0.589. The molecule has 0 radical (unpaired) electrons. The molecule has 0 aromatic carbocycles. The Hall–Kier alpha value is -1.52. The van der Waals surface area contributed by atoms with Crippen molar-refractivity contribution in [3.8, 4) is 0 Å². The Bertz CT molecular complexity index is 554. The van der Waals surface area contributed by atoms with Crippen molar-refractivity contribution in [1.82, 2.24) is 5.32 Å². The van der Waals surface area contributed by atoms with Gasteiger partial charge in [0.15, 0.2) is 0 Å². The van der Waals surface area contributed by atoms with Gasteiger partial charge in [-0.25, -0.2) is 0 Å².